The first-order valence-electron chi connectivity index (χ1n) is 8.57. The van der Waals surface area contributed by atoms with Crippen molar-refractivity contribution in [1.29, 1.82) is 0 Å². The summed E-state index contributed by atoms with van der Waals surface area (Å²) in [6, 6.07) is 7.14. The molecule has 2 aromatic heterocycles. The highest BCUT2D eigenvalue weighted by Gasteiger charge is 2.12. The molecule has 0 aliphatic rings. The van der Waals surface area contributed by atoms with Crippen LogP contribution in [0.25, 0.3) is 5.78 Å². The zero-order chi connectivity index (χ0) is 20.1. The SMILES string of the molecule is COc1ccc(CCNC(=O)CSc2nnc3[nH]c(=O)cc(C)n23)cc1OC. The van der Waals surface area contributed by atoms with Crippen molar-refractivity contribution in [2.45, 2.75) is 18.5 Å². The molecule has 1 amide bonds. The standard InChI is InChI=1S/C18H21N5O4S/c1-11-8-15(24)20-17-21-22-18(23(11)17)28-10-16(25)19-7-6-12-4-5-13(26-2)14(9-12)27-3/h4-5,8-9H,6-7,10H2,1-3H3,(H,19,25)(H,20,21,24). The Balaban J connectivity index is 1.52. The maximum Gasteiger partial charge on any atom is 0.252 e. The van der Waals surface area contributed by atoms with Gasteiger partial charge >= 0.3 is 0 Å². The predicted molar refractivity (Wildman–Crippen MR) is 105 cm³/mol. The normalized spacial score (nSPS) is 10.8. The van der Waals surface area contributed by atoms with Gasteiger partial charge in [0.05, 0.1) is 20.0 Å². The van der Waals surface area contributed by atoms with Crippen LogP contribution in [0, 0.1) is 6.92 Å². The van der Waals surface area contributed by atoms with Gasteiger partial charge < -0.3 is 14.8 Å². The molecule has 0 fully saturated rings. The van der Waals surface area contributed by atoms with Gasteiger partial charge in [-0.25, -0.2) is 0 Å². The number of aromatic nitrogens is 4. The summed E-state index contributed by atoms with van der Waals surface area (Å²) >= 11 is 1.26. The molecule has 10 heteroatoms. The fourth-order valence-electron chi connectivity index (χ4n) is 2.73. The number of carbonyl (C=O) groups is 1. The van der Waals surface area contributed by atoms with E-state index in [1.165, 1.54) is 17.8 Å². The van der Waals surface area contributed by atoms with Crippen molar-refractivity contribution in [2.75, 3.05) is 26.5 Å². The van der Waals surface area contributed by atoms with Crippen LogP contribution in [0.2, 0.25) is 0 Å². The van der Waals surface area contributed by atoms with E-state index in [0.29, 0.717) is 41.1 Å². The van der Waals surface area contributed by atoms with E-state index in [1.807, 2.05) is 18.2 Å². The van der Waals surface area contributed by atoms with E-state index in [2.05, 4.69) is 20.5 Å². The molecule has 3 aromatic rings. The van der Waals surface area contributed by atoms with Crippen molar-refractivity contribution < 1.29 is 14.3 Å². The molecule has 0 spiro atoms. The number of methoxy groups -OCH3 is 2. The second-order valence-corrected chi connectivity index (χ2v) is 6.94. The number of amides is 1. The number of carbonyl (C=O) groups excluding carboxylic acids is 1. The van der Waals surface area contributed by atoms with Gasteiger partial charge in [0.1, 0.15) is 0 Å². The largest absolute Gasteiger partial charge is 0.493 e. The highest BCUT2D eigenvalue weighted by molar-refractivity contribution is 7.99. The quantitative estimate of drug-likeness (QED) is 0.544. The first-order chi connectivity index (χ1) is 13.5. The van der Waals surface area contributed by atoms with Crippen molar-refractivity contribution in [2.24, 2.45) is 0 Å². The van der Waals surface area contributed by atoms with Crippen LogP contribution in [0.1, 0.15) is 11.3 Å². The number of nitrogens with one attached hydrogen (secondary N) is 2. The molecule has 0 aliphatic heterocycles. The highest BCUT2D eigenvalue weighted by Crippen LogP contribution is 2.27. The lowest BCUT2D eigenvalue weighted by Gasteiger charge is -2.10. The molecule has 0 saturated carbocycles. The van der Waals surface area contributed by atoms with Crippen LogP contribution in [-0.4, -0.2) is 52.0 Å². The zero-order valence-corrected chi connectivity index (χ0v) is 16.6. The lowest BCUT2D eigenvalue weighted by Crippen LogP contribution is -2.27. The Labute approximate surface area is 165 Å². The van der Waals surface area contributed by atoms with Gasteiger partial charge in [0.15, 0.2) is 16.7 Å². The summed E-state index contributed by atoms with van der Waals surface area (Å²) < 4.78 is 12.2. The predicted octanol–water partition coefficient (Wildman–Crippen LogP) is 1.19. The molecule has 0 radical (unpaired) electrons. The van der Waals surface area contributed by atoms with Gasteiger partial charge in [-0.15, -0.1) is 10.2 Å². The molecule has 2 N–H and O–H groups in total. The average Bonchev–Trinajstić information content (AvgIpc) is 3.09. The van der Waals surface area contributed by atoms with E-state index in [9.17, 15) is 9.59 Å². The Kier molecular flexibility index (Phi) is 6.19. The van der Waals surface area contributed by atoms with E-state index >= 15 is 0 Å². The third-order valence-electron chi connectivity index (χ3n) is 4.08. The van der Waals surface area contributed by atoms with Crippen molar-refractivity contribution in [3.8, 4) is 11.5 Å². The highest BCUT2D eigenvalue weighted by atomic mass is 32.2. The third-order valence-corrected chi connectivity index (χ3v) is 5.01. The van der Waals surface area contributed by atoms with Crippen LogP contribution >= 0.6 is 11.8 Å². The van der Waals surface area contributed by atoms with E-state index in [4.69, 9.17) is 9.47 Å². The molecule has 0 aliphatic carbocycles. The fraction of sp³-hybridized carbons (Fsp3) is 0.333. The Bertz CT molecular complexity index is 1050. The number of H-pyrrole nitrogens is 1. The van der Waals surface area contributed by atoms with Crippen molar-refractivity contribution in [3.63, 3.8) is 0 Å². The van der Waals surface area contributed by atoms with E-state index in [1.54, 1.807) is 25.5 Å². The summed E-state index contributed by atoms with van der Waals surface area (Å²) in [5.74, 6) is 1.79. The molecule has 0 bridgehead atoms. The number of benzene rings is 1. The molecule has 28 heavy (non-hydrogen) atoms. The molecule has 3 rings (SSSR count). The number of fused-ring (bicyclic) bond motifs is 1. The van der Waals surface area contributed by atoms with Crippen molar-refractivity contribution in [1.82, 2.24) is 24.9 Å². The maximum atomic E-state index is 12.1. The van der Waals surface area contributed by atoms with Gasteiger partial charge in [0.2, 0.25) is 11.7 Å². The minimum atomic E-state index is -0.234. The van der Waals surface area contributed by atoms with Gasteiger partial charge in [-0.3, -0.25) is 19.0 Å². The zero-order valence-electron chi connectivity index (χ0n) is 15.8. The van der Waals surface area contributed by atoms with E-state index in [-0.39, 0.29) is 17.2 Å². The topological polar surface area (TPSA) is 111 Å². The Morgan fingerprint density at radius 2 is 2.00 bits per heavy atom. The Hall–Kier alpha value is -3.01. The van der Waals surface area contributed by atoms with Gasteiger partial charge in [-0.05, 0) is 31.0 Å². The maximum absolute atomic E-state index is 12.1. The van der Waals surface area contributed by atoms with Crippen LogP contribution in [-0.2, 0) is 11.2 Å². The lowest BCUT2D eigenvalue weighted by molar-refractivity contribution is -0.118. The number of thioether (sulfide) groups is 1. The van der Waals surface area contributed by atoms with Crippen molar-refractivity contribution in [3.05, 3.63) is 45.9 Å². The Morgan fingerprint density at radius 3 is 2.75 bits per heavy atom. The molecule has 0 unspecified atom stereocenters. The molecule has 9 nitrogen and oxygen atoms in total. The summed E-state index contributed by atoms with van der Waals surface area (Å²) in [5.41, 5.74) is 1.51. The summed E-state index contributed by atoms with van der Waals surface area (Å²) in [6.07, 6.45) is 0.672. The molecule has 0 saturated heterocycles. The molecule has 1 aromatic carbocycles. The summed E-state index contributed by atoms with van der Waals surface area (Å²) in [5, 5.41) is 11.4. The number of aromatic amines is 1. The van der Waals surface area contributed by atoms with E-state index in [0.717, 1.165) is 5.56 Å². The first kappa shape index (κ1) is 19.7. The fourth-order valence-corrected chi connectivity index (χ4v) is 3.55. The second-order valence-electron chi connectivity index (χ2n) is 5.99. The van der Waals surface area contributed by atoms with Crippen LogP contribution in [0.3, 0.4) is 0 Å². The molecular formula is C18H21N5O4S. The second kappa shape index (κ2) is 8.79. The van der Waals surface area contributed by atoms with Crippen LogP contribution in [0.15, 0.2) is 34.2 Å². The molecular weight excluding hydrogens is 382 g/mol. The minimum Gasteiger partial charge on any atom is -0.493 e. The van der Waals surface area contributed by atoms with Crippen LogP contribution in [0.5, 0.6) is 11.5 Å². The third kappa shape index (κ3) is 4.45. The van der Waals surface area contributed by atoms with Gasteiger partial charge in [-0.1, -0.05) is 17.8 Å². The minimum absolute atomic E-state index is 0.107. The van der Waals surface area contributed by atoms with Gasteiger partial charge in [0.25, 0.3) is 5.56 Å². The number of ether oxygens (including phenoxy) is 2. The monoisotopic (exact) mass is 403 g/mol. The lowest BCUT2D eigenvalue weighted by atomic mass is 10.1. The molecule has 0 atom stereocenters. The van der Waals surface area contributed by atoms with Crippen molar-refractivity contribution >= 4 is 23.4 Å². The average molecular weight is 403 g/mol. The summed E-state index contributed by atoms with van der Waals surface area (Å²) in [7, 11) is 3.18. The summed E-state index contributed by atoms with van der Waals surface area (Å²) in [4.78, 5) is 26.2. The van der Waals surface area contributed by atoms with E-state index < -0.39 is 0 Å². The Morgan fingerprint density at radius 1 is 1.21 bits per heavy atom. The number of nitrogens with zero attached hydrogens (tertiary/aromatic N) is 3. The van der Waals surface area contributed by atoms with Gasteiger partial charge in [0, 0.05) is 18.3 Å². The molecule has 148 valence electrons. The smallest absolute Gasteiger partial charge is 0.252 e. The van der Waals surface area contributed by atoms with Crippen LogP contribution < -0.4 is 20.3 Å². The first-order valence-corrected chi connectivity index (χ1v) is 9.56. The summed E-state index contributed by atoms with van der Waals surface area (Å²) in [6.45, 7) is 2.29. The molecule has 2 heterocycles. The number of aryl methyl sites for hydroxylation is 1. The van der Waals surface area contributed by atoms with Crippen LogP contribution in [0.4, 0.5) is 0 Å². The number of hydrogen-bond acceptors (Lipinski definition) is 7. The number of rotatable bonds is 8. The number of hydrogen-bond donors (Lipinski definition) is 2. The van der Waals surface area contributed by atoms with Gasteiger partial charge in [-0.2, -0.15) is 0 Å².